The zero-order chi connectivity index (χ0) is 18.0. The molecule has 24 heavy (non-hydrogen) atoms. The van der Waals surface area contributed by atoms with E-state index in [1.54, 1.807) is 0 Å². The molecule has 0 amide bonds. The fraction of sp³-hybridized carbons (Fsp3) is 0.474. The molecule has 0 radical (unpaired) electrons. The van der Waals surface area contributed by atoms with Crippen LogP contribution in [0.1, 0.15) is 51.8 Å². The zero-order valence-electron chi connectivity index (χ0n) is 14.9. The number of unbranched alkanes of at least 4 members (excludes halogenated alkanes) is 2. The molecule has 0 spiro atoms. The second-order valence-electron chi connectivity index (χ2n) is 6.50. The number of aryl methyl sites for hydroxylation is 1. The van der Waals surface area contributed by atoms with Crippen LogP contribution in [0, 0.1) is 0 Å². The molecule has 132 valence electrons. The molecule has 0 aliphatic rings. The van der Waals surface area contributed by atoms with E-state index in [0.29, 0.717) is 0 Å². The van der Waals surface area contributed by atoms with Gasteiger partial charge < -0.3 is 9.73 Å². The van der Waals surface area contributed by atoms with Crippen molar-refractivity contribution in [1.82, 2.24) is 10.2 Å². The summed E-state index contributed by atoms with van der Waals surface area (Å²) in [7, 11) is 0. The molecule has 1 N–H and O–H groups in total. The summed E-state index contributed by atoms with van der Waals surface area (Å²) < 4.78 is 6.79. The Hall–Kier alpha value is -1.62. The van der Waals surface area contributed by atoms with Crippen molar-refractivity contribution >= 4 is 21.6 Å². The predicted molar refractivity (Wildman–Crippen MR) is 104 cm³/mol. The Morgan fingerprint density at radius 1 is 1.12 bits per heavy atom. The van der Waals surface area contributed by atoms with Gasteiger partial charge in [0.25, 0.3) is 0 Å². The van der Waals surface area contributed by atoms with Crippen molar-refractivity contribution in [3.05, 3.63) is 53.7 Å². The molecule has 1 aromatic carbocycles. The summed E-state index contributed by atoms with van der Waals surface area (Å²) >= 11 is 3.47. The first-order valence-electron chi connectivity index (χ1n) is 8.27. The van der Waals surface area contributed by atoms with E-state index in [2.05, 4.69) is 77.5 Å². The van der Waals surface area contributed by atoms with Crippen molar-refractivity contribution in [3.8, 4) is 0 Å². The van der Waals surface area contributed by atoms with Crippen LogP contribution in [0.2, 0.25) is 0 Å². The van der Waals surface area contributed by atoms with Crippen molar-refractivity contribution in [2.45, 2.75) is 51.9 Å². The second kappa shape index (κ2) is 10.3. The van der Waals surface area contributed by atoms with Crippen LogP contribution >= 0.6 is 15.9 Å². The summed E-state index contributed by atoms with van der Waals surface area (Å²) in [6.07, 6.45) is 4.22. The van der Waals surface area contributed by atoms with Gasteiger partial charge in [0.15, 0.2) is 0 Å². The first kappa shape index (κ1) is 20.4. The number of anilines is 1. The van der Waals surface area contributed by atoms with E-state index in [-0.39, 0.29) is 5.41 Å². The fourth-order valence-corrected chi connectivity index (χ4v) is 2.47. The van der Waals surface area contributed by atoms with Gasteiger partial charge in [0.2, 0.25) is 11.8 Å². The molecule has 0 saturated heterocycles. The molecule has 0 aliphatic heterocycles. The number of aromatic nitrogens is 2. The lowest BCUT2D eigenvalue weighted by atomic mass is 9.97. The molecule has 0 bridgehead atoms. The second-order valence-corrected chi connectivity index (χ2v) is 7.41. The van der Waals surface area contributed by atoms with Crippen molar-refractivity contribution in [1.29, 1.82) is 0 Å². The number of benzene rings is 1. The quantitative estimate of drug-likeness (QED) is 0.479. The third-order valence-corrected chi connectivity index (χ3v) is 3.82. The highest BCUT2D eigenvalue weighted by Gasteiger charge is 2.21. The molecular formula is C19H28BrN3O. The maximum atomic E-state index is 5.69. The molecule has 4 nitrogen and oxygen atoms in total. The summed E-state index contributed by atoms with van der Waals surface area (Å²) in [5, 5.41) is 11.7. The summed E-state index contributed by atoms with van der Waals surface area (Å²) in [6.45, 7) is 13.2. The highest BCUT2D eigenvalue weighted by molar-refractivity contribution is 9.10. The van der Waals surface area contributed by atoms with Crippen molar-refractivity contribution in [2.75, 3.05) is 11.9 Å². The molecule has 0 unspecified atom stereocenters. The Morgan fingerprint density at radius 2 is 1.88 bits per heavy atom. The first-order chi connectivity index (χ1) is 11.4. The summed E-state index contributed by atoms with van der Waals surface area (Å²) in [6, 6.07) is 8.24. The van der Waals surface area contributed by atoms with Crippen LogP contribution < -0.4 is 5.32 Å². The molecule has 0 fully saturated rings. The van der Waals surface area contributed by atoms with Crippen molar-refractivity contribution in [2.24, 2.45) is 0 Å². The first-order valence-corrected chi connectivity index (χ1v) is 9.07. The highest BCUT2D eigenvalue weighted by Crippen LogP contribution is 2.21. The average Bonchev–Trinajstić information content (AvgIpc) is 3.02. The maximum absolute atomic E-state index is 5.69. The minimum Gasteiger partial charge on any atom is -0.425 e. The van der Waals surface area contributed by atoms with Gasteiger partial charge in [-0.25, -0.2) is 0 Å². The van der Waals surface area contributed by atoms with Crippen LogP contribution in [0.25, 0.3) is 0 Å². The zero-order valence-corrected chi connectivity index (χ0v) is 16.5. The van der Waals surface area contributed by atoms with Crippen LogP contribution in [0.3, 0.4) is 0 Å². The minimum absolute atomic E-state index is 0.0703. The normalized spacial score (nSPS) is 10.8. The van der Waals surface area contributed by atoms with Gasteiger partial charge in [-0.15, -0.1) is 23.4 Å². The lowest BCUT2D eigenvalue weighted by molar-refractivity contribution is 0.368. The molecule has 2 aromatic rings. The van der Waals surface area contributed by atoms with Gasteiger partial charge in [-0.2, -0.15) is 0 Å². The SMILES string of the molecule is C=C.CC(C)(C)c1nnc(CCCCCNc2cccc(Br)c2)o1. The Bertz CT molecular complexity index is 605. The van der Waals surface area contributed by atoms with Crippen LogP contribution in [0.4, 0.5) is 5.69 Å². The Labute approximate surface area is 153 Å². The third-order valence-electron chi connectivity index (χ3n) is 3.33. The van der Waals surface area contributed by atoms with Gasteiger partial charge in [0.1, 0.15) is 0 Å². The Balaban J connectivity index is 0.00000139. The summed E-state index contributed by atoms with van der Waals surface area (Å²) in [5.74, 6) is 1.48. The molecule has 5 heteroatoms. The van der Waals surface area contributed by atoms with E-state index < -0.39 is 0 Å². The van der Waals surface area contributed by atoms with Crippen molar-refractivity contribution in [3.63, 3.8) is 0 Å². The topological polar surface area (TPSA) is 51.0 Å². The summed E-state index contributed by atoms with van der Waals surface area (Å²) in [4.78, 5) is 0. The number of halogens is 1. The number of hydrogen-bond donors (Lipinski definition) is 1. The van der Waals surface area contributed by atoms with E-state index in [9.17, 15) is 0 Å². The monoisotopic (exact) mass is 393 g/mol. The Kier molecular flexibility index (Phi) is 8.76. The molecule has 2 rings (SSSR count). The van der Waals surface area contributed by atoms with Crippen LogP contribution in [-0.2, 0) is 11.8 Å². The number of rotatable bonds is 7. The predicted octanol–water partition coefficient (Wildman–Crippen LogP) is 5.76. The summed E-state index contributed by atoms with van der Waals surface area (Å²) in [5.41, 5.74) is 1.08. The van der Waals surface area contributed by atoms with Gasteiger partial charge in [-0.1, -0.05) is 49.2 Å². The van der Waals surface area contributed by atoms with Gasteiger partial charge in [-0.05, 0) is 31.0 Å². The lowest BCUT2D eigenvalue weighted by Crippen LogP contribution is -2.11. The number of nitrogens with zero attached hydrogens (tertiary/aromatic N) is 2. The molecular weight excluding hydrogens is 366 g/mol. The number of hydrogen-bond acceptors (Lipinski definition) is 4. The van der Waals surface area contributed by atoms with E-state index in [4.69, 9.17) is 4.42 Å². The number of nitrogens with one attached hydrogen (secondary N) is 1. The van der Waals surface area contributed by atoms with E-state index >= 15 is 0 Å². The van der Waals surface area contributed by atoms with Gasteiger partial charge in [0.05, 0.1) is 0 Å². The van der Waals surface area contributed by atoms with Gasteiger partial charge >= 0.3 is 0 Å². The van der Waals surface area contributed by atoms with E-state index in [1.165, 1.54) is 0 Å². The third kappa shape index (κ3) is 7.30. The lowest BCUT2D eigenvalue weighted by Gasteiger charge is -2.10. The standard InChI is InChI=1S/C17H24BrN3O.C2H4/c1-17(2,3)16-21-20-15(22-16)10-5-4-6-11-19-14-9-7-8-13(18)12-14;1-2/h7-9,12,19H,4-6,10-11H2,1-3H3;1-2H2. The van der Waals surface area contributed by atoms with Crippen LogP contribution in [0.5, 0.6) is 0 Å². The van der Waals surface area contributed by atoms with Crippen LogP contribution in [-0.4, -0.2) is 16.7 Å². The minimum atomic E-state index is -0.0703. The largest absolute Gasteiger partial charge is 0.425 e. The molecule has 0 saturated carbocycles. The van der Waals surface area contributed by atoms with Crippen molar-refractivity contribution < 1.29 is 4.42 Å². The molecule has 0 aliphatic carbocycles. The van der Waals surface area contributed by atoms with E-state index in [0.717, 1.165) is 54.2 Å². The molecule has 0 atom stereocenters. The van der Waals surface area contributed by atoms with Gasteiger partial charge in [0, 0.05) is 28.5 Å². The van der Waals surface area contributed by atoms with E-state index in [1.807, 2.05) is 12.1 Å². The maximum Gasteiger partial charge on any atom is 0.221 e. The average molecular weight is 394 g/mol. The van der Waals surface area contributed by atoms with Gasteiger partial charge in [-0.3, -0.25) is 0 Å². The Morgan fingerprint density at radius 3 is 2.50 bits per heavy atom. The molecule has 1 aromatic heterocycles. The highest BCUT2D eigenvalue weighted by atomic mass is 79.9. The smallest absolute Gasteiger partial charge is 0.221 e. The van der Waals surface area contributed by atoms with Crippen LogP contribution in [0.15, 0.2) is 46.3 Å². The molecule has 1 heterocycles. The fourth-order valence-electron chi connectivity index (χ4n) is 2.07.